The molecule has 0 saturated heterocycles. The topological polar surface area (TPSA) is 55.1 Å². The summed E-state index contributed by atoms with van der Waals surface area (Å²) in [6, 6.07) is 7.95. The number of amides is 1. The van der Waals surface area contributed by atoms with E-state index in [1.165, 1.54) is 19.3 Å². The molecule has 16 heavy (non-hydrogen) atoms. The Hall–Kier alpha value is -1.51. The smallest absolute Gasteiger partial charge is 0.248 e. The molecule has 0 radical (unpaired) electrons. The molecule has 1 aromatic carbocycles. The first-order chi connectivity index (χ1) is 7.65. The molecule has 0 aliphatic heterocycles. The van der Waals surface area contributed by atoms with E-state index < -0.39 is 0 Å². The van der Waals surface area contributed by atoms with Gasteiger partial charge in [-0.25, -0.2) is 0 Å². The fraction of sp³-hybridized carbons (Fsp3) is 0.462. The fourth-order valence-corrected chi connectivity index (χ4v) is 2.30. The minimum absolute atomic E-state index is 0.374. The van der Waals surface area contributed by atoms with Gasteiger partial charge in [-0.05, 0) is 49.4 Å². The van der Waals surface area contributed by atoms with Crippen LogP contribution in [-0.2, 0) is 0 Å². The normalized spacial score (nSPS) is 24.3. The summed E-state index contributed by atoms with van der Waals surface area (Å²) in [7, 11) is 0. The number of hydrogen-bond donors (Lipinski definition) is 2. The second-order valence-electron chi connectivity index (χ2n) is 4.70. The standard InChI is InChI=1S/C13H18N2O/c1-9-2-5-12(8-9)15-11-6-3-10(4-7-11)13(14)16/h3-4,6-7,9,12,15H,2,5,8H2,1H3,(H2,14,16). The molecule has 1 aliphatic rings. The fourth-order valence-electron chi connectivity index (χ4n) is 2.30. The molecule has 1 aliphatic carbocycles. The molecule has 0 aromatic heterocycles. The number of rotatable bonds is 3. The lowest BCUT2D eigenvalue weighted by Crippen LogP contribution is -2.15. The van der Waals surface area contributed by atoms with Gasteiger partial charge < -0.3 is 11.1 Å². The molecule has 0 bridgehead atoms. The average Bonchev–Trinajstić information content (AvgIpc) is 2.65. The molecule has 0 spiro atoms. The molecular formula is C13H18N2O. The van der Waals surface area contributed by atoms with Crippen LogP contribution < -0.4 is 11.1 Å². The molecule has 1 saturated carbocycles. The van der Waals surface area contributed by atoms with Gasteiger partial charge in [0.1, 0.15) is 0 Å². The van der Waals surface area contributed by atoms with E-state index in [2.05, 4.69) is 12.2 Å². The molecule has 3 heteroatoms. The molecule has 3 N–H and O–H groups in total. The molecule has 2 unspecified atom stereocenters. The van der Waals surface area contributed by atoms with Gasteiger partial charge in [-0.2, -0.15) is 0 Å². The largest absolute Gasteiger partial charge is 0.382 e. The van der Waals surface area contributed by atoms with Crippen molar-refractivity contribution in [1.82, 2.24) is 0 Å². The average molecular weight is 218 g/mol. The maximum absolute atomic E-state index is 10.9. The van der Waals surface area contributed by atoms with E-state index >= 15 is 0 Å². The van der Waals surface area contributed by atoms with Gasteiger partial charge in [0.15, 0.2) is 0 Å². The zero-order valence-corrected chi connectivity index (χ0v) is 9.57. The molecule has 1 amide bonds. The highest BCUT2D eigenvalue weighted by Crippen LogP contribution is 2.27. The van der Waals surface area contributed by atoms with Gasteiger partial charge in [0.2, 0.25) is 5.91 Å². The predicted octanol–water partition coefficient (Wildman–Crippen LogP) is 2.39. The molecule has 3 nitrogen and oxygen atoms in total. The van der Waals surface area contributed by atoms with Crippen LogP contribution >= 0.6 is 0 Å². The highest BCUT2D eigenvalue weighted by atomic mass is 16.1. The Morgan fingerprint density at radius 3 is 2.50 bits per heavy atom. The van der Waals surface area contributed by atoms with Gasteiger partial charge in [0.05, 0.1) is 0 Å². The van der Waals surface area contributed by atoms with E-state index in [0.29, 0.717) is 11.6 Å². The second-order valence-corrected chi connectivity index (χ2v) is 4.70. The van der Waals surface area contributed by atoms with Gasteiger partial charge >= 0.3 is 0 Å². The number of hydrogen-bond acceptors (Lipinski definition) is 2. The lowest BCUT2D eigenvalue weighted by atomic mass is 10.1. The van der Waals surface area contributed by atoms with Gasteiger partial charge in [-0.15, -0.1) is 0 Å². The summed E-state index contributed by atoms with van der Waals surface area (Å²) < 4.78 is 0. The maximum atomic E-state index is 10.9. The lowest BCUT2D eigenvalue weighted by Gasteiger charge is -2.13. The summed E-state index contributed by atoms with van der Waals surface area (Å²) >= 11 is 0. The highest BCUT2D eigenvalue weighted by Gasteiger charge is 2.20. The Balaban J connectivity index is 1.97. The van der Waals surface area contributed by atoms with Gasteiger partial charge in [0, 0.05) is 17.3 Å². The van der Waals surface area contributed by atoms with E-state index in [-0.39, 0.29) is 5.91 Å². The molecule has 2 rings (SSSR count). The number of primary amides is 1. The highest BCUT2D eigenvalue weighted by molar-refractivity contribution is 5.93. The van der Waals surface area contributed by atoms with Crippen LogP contribution in [0, 0.1) is 5.92 Å². The monoisotopic (exact) mass is 218 g/mol. The van der Waals surface area contributed by atoms with Crippen LogP contribution in [0.15, 0.2) is 24.3 Å². The van der Waals surface area contributed by atoms with Crippen LogP contribution in [0.2, 0.25) is 0 Å². The third-order valence-electron chi connectivity index (χ3n) is 3.24. The second kappa shape index (κ2) is 4.56. The minimum atomic E-state index is -0.374. The summed E-state index contributed by atoms with van der Waals surface area (Å²) in [5.41, 5.74) is 6.82. The van der Waals surface area contributed by atoms with Crippen molar-refractivity contribution in [1.29, 1.82) is 0 Å². The molecule has 0 heterocycles. The third kappa shape index (κ3) is 2.54. The van der Waals surface area contributed by atoms with Crippen LogP contribution in [0.5, 0.6) is 0 Å². The van der Waals surface area contributed by atoms with E-state index in [9.17, 15) is 4.79 Å². The Bertz CT molecular complexity index is 372. The van der Waals surface area contributed by atoms with Crippen LogP contribution in [0.4, 0.5) is 5.69 Å². The minimum Gasteiger partial charge on any atom is -0.382 e. The zero-order chi connectivity index (χ0) is 11.5. The Labute approximate surface area is 96.0 Å². The summed E-state index contributed by atoms with van der Waals surface area (Å²) in [5.74, 6) is 0.448. The molecule has 86 valence electrons. The summed E-state index contributed by atoms with van der Waals surface area (Å²) in [6.45, 7) is 2.29. The SMILES string of the molecule is CC1CCC(Nc2ccc(C(N)=O)cc2)C1. The first-order valence-corrected chi connectivity index (χ1v) is 5.81. The predicted molar refractivity (Wildman–Crippen MR) is 65.4 cm³/mol. The van der Waals surface area contributed by atoms with Crippen molar-refractivity contribution >= 4 is 11.6 Å². The van der Waals surface area contributed by atoms with Crippen molar-refractivity contribution < 1.29 is 4.79 Å². The van der Waals surface area contributed by atoms with Crippen LogP contribution in [0.1, 0.15) is 36.5 Å². The van der Waals surface area contributed by atoms with Gasteiger partial charge in [0.25, 0.3) is 0 Å². The van der Waals surface area contributed by atoms with Crippen molar-refractivity contribution in [3.63, 3.8) is 0 Å². The van der Waals surface area contributed by atoms with Crippen molar-refractivity contribution in [2.24, 2.45) is 11.7 Å². The van der Waals surface area contributed by atoms with Gasteiger partial charge in [-0.1, -0.05) is 6.92 Å². The maximum Gasteiger partial charge on any atom is 0.248 e. The molecule has 1 fully saturated rings. The number of benzene rings is 1. The number of anilines is 1. The van der Waals surface area contributed by atoms with E-state index in [1.54, 1.807) is 12.1 Å². The molecular weight excluding hydrogens is 200 g/mol. The van der Waals surface area contributed by atoms with Gasteiger partial charge in [-0.3, -0.25) is 4.79 Å². The Morgan fingerprint density at radius 2 is 2.00 bits per heavy atom. The third-order valence-corrected chi connectivity index (χ3v) is 3.24. The van der Waals surface area contributed by atoms with E-state index in [1.807, 2.05) is 12.1 Å². The number of carbonyl (C=O) groups is 1. The van der Waals surface area contributed by atoms with Crippen LogP contribution in [0.25, 0.3) is 0 Å². The summed E-state index contributed by atoms with van der Waals surface area (Å²) in [6.07, 6.45) is 3.77. The Morgan fingerprint density at radius 1 is 1.31 bits per heavy atom. The van der Waals surface area contributed by atoms with Crippen LogP contribution in [-0.4, -0.2) is 11.9 Å². The quantitative estimate of drug-likeness (QED) is 0.818. The molecule has 1 aromatic rings. The van der Waals surface area contributed by atoms with Crippen molar-refractivity contribution in [3.05, 3.63) is 29.8 Å². The van der Waals surface area contributed by atoms with Crippen molar-refractivity contribution in [2.45, 2.75) is 32.2 Å². The first-order valence-electron chi connectivity index (χ1n) is 5.81. The van der Waals surface area contributed by atoms with Crippen molar-refractivity contribution in [3.8, 4) is 0 Å². The number of nitrogens with one attached hydrogen (secondary N) is 1. The number of carbonyl (C=O) groups excluding carboxylic acids is 1. The van der Waals surface area contributed by atoms with Crippen molar-refractivity contribution in [2.75, 3.05) is 5.32 Å². The van der Waals surface area contributed by atoms with E-state index in [4.69, 9.17) is 5.73 Å². The zero-order valence-electron chi connectivity index (χ0n) is 9.57. The Kier molecular flexibility index (Phi) is 3.13. The lowest BCUT2D eigenvalue weighted by molar-refractivity contribution is 0.100. The summed E-state index contributed by atoms with van der Waals surface area (Å²) in [4.78, 5) is 10.9. The van der Waals surface area contributed by atoms with E-state index in [0.717, 1.165) is 11.6 Å². The first kappa shape index (κ1) is 11.0. The van der Waals surface area contributed by atoms with Crippen LogP contribution in [0.3, 0.4) is 0 Å². The summed E-state index contributed by atoms with van der Waals surface area (Å²) in [5, 5.41) is 3.49. The molecule has 2 atom stereocenters. The number of nitrogens with two attached hydrogens (primary N) is 1.